The van der Waals surface area contributed by atoms with Crippen LogP contribution >= 0.6 is 23.1 Å². The number of hydrogen-bond acceptors (Lipinski definition) is 7. The van der Waals surface area contributed by atoms with Crippen LogP contribution in [-0.4, -0.2) is 27.2 Å². The average Bonchev–Trinajstić information content (AvgIpc) is 3.44. The van der Waals surface area contributed by atoms with Crippen molar-refractivity contribution in [2.24, 2.45) is 0 Å². The summed E-state index contributed by atoms with van der Waals surface area (Å²) in [5, 5.41) is 10.9. The summed E-state index contributed by atoms with van der Waals surface area (Å²) in [7, 11) is 0. The molecule has 1 aliphatic rings. The monoisotopic (exact) mass is 462 g/mol. The number of carbonyl (C=O) groups excluding carboxylic acids is 2. The Morgan fingerprint density at radius 3 is 2.65 bits per heavy atom. The van der Waals surface area contributed by atoms with E-state index in [1.165, 1.54) is 35.6 Å². The van der Waals surface area contributed by atoms with Crippen LogP contribution in [0.4, 0.5) is 13.6 Å². The van der Waals surface area contributed by atoms with Crippen molar-refractivity contribution < 1.29 is 32.7 Å². The molecule has 0 bridgehead atoms. The van der Waals surface area contributed by atoms with Gasteiger partial charge in [-0.15, -0.1) is 11.3 Å². The minimum absolute atomic E-state index is 0.0577. The van der Waals surface area contributed by atoms with E-state index in [1.807, 2.05) is 0 Å². The number of thiophene rings is 1. The maximum absolute atomic E-state index is 13.5. The summed E-state index contributed by atoms with van der Waals surface area (Å²) in [5.74, 6) is -3.68. The molecular formula is C20H12F2N2O5S2. The Bertz CT molecular complexity index is 1230. The van der Waals surface area contributed by atoms with E-state index < -0.39 is 28.8 Å². The van der Waals surface area contributed by atoms with Gasteiger partial charge in [0.2, 0.25) is 5.76 Å². The molecule has 2 N–H and O–H groups in total. The number of hydrogen-bond donors (Lipinski definition) is 2. The van der Waals surface area contributed by atoms with Crippen molar-refractivity contribution in [2.75, 3.05) is 0 Å². The Morgan fingerprint density at radius 1 is 1.13 bits per heavy atom. The number of nitrogens with zero attached hydrogens (tertiary/aromatic N) is 1. The van der Waals surface area contributed by atoms with E-state index in [2.05, 4.69) is 5.43 Å². The van der Waals surface area contributed by atoms with Gasteiger partial charge in [0.1, 0.15) is 5.76 Å². The number of amides is 2. The van der Waals surface area contributed by atoms with Crippen molar-refractivity contribution >= 4 is 46.3 Å². The number of hydrazine groups is 1. The molecule has 158 valence electrons. The van der Waals surface area contributed by atoms with Crippen molar-refractivity contribution in [1.29, 1.82) is 0 Å². The molecule has 7 nitrogen and oxygen atoms in total. The third kappa shape index (κ3) is 4.43. The first-order chi connectivity index (χ1) is 14.8. The summed E-state index contributed by atoms with van der Waals surface area (Å²) in [5.41, 5.74) is 3.76. The zero-order valence-electron chi connectivity index (χ0n) is 15.4. The van der Waals surface area contributed by atoms with Gasteiger partial charge < -0.3 is 9.52 Å². The largest absolute Gasteiger partial charge is 0.475 e. The first-order valence-electron chi connectivity index (χ1n) is 8.69. The molecule has 0 spiro atoms. The fourth-order valence-electron chi connectivity index (χ4n) is 2.73. The highest BCUT2D eigenvalue weighted by atomic mass is 32.2. The molecular weight excluding hydrogens is 450 g/mol. The second-order valence-electron chi connectivity index (χ2n) is 6.29. The molecule has 1 aromatic carbocycles. The van der Waals surface area contributed by atoms with Crippen molar-refractivity contribution in [3.63, 3.8) is 0 Å². The third-order valence-electron chi connectivity index (χ3n) is 4.22. The maximum atomic E-state index is 13.5. The summed E-state index contributed by atoms with van der Waals surface area (Å²) >= 11 is 2.02. The predicted octanol–water partition coefficient (Wildman–Crippen LogP) is 4.73. The smallest absolute Gasteiger partial charge is 0.371 e. The summed E-state index contributed by atoms with van der Waals surface area (Å²) < 4.78 is 31.7. The number of carboxylic acids is 1. The molecule has 1 aliphatic heterocycles. The predicted molar refractivity (Wildman–Crippen MR) is 110 cm³/mol. The maximum Gasteiger partial charge on any atom is 0.371 e. The molecule has 2 aromatic heterocycles. The Kier molecular flexibility index (Phi) is 5.72. The summed E-state index contributed by atoms with van der Waals surface area (Å²) in [6.45, 7) is -0.0577. The second kappa shape index (κ2) is 8.46. The van der Waals surface area contributed by atoms with E-state index in [9.17, 15) is 23.2 Å². The normalized spacial score (nSPS) is 15.3. The van der Waals surface area contributed by atoms with Crippen molar-refractivity contribution in [3.05, 3.63) is 74.7 Å². The van der Waals surface area contributed by atoms with Gasteiger partial charge in [-0.3, -0.25) is 9.59 Å². The molecule has 0 saturated carbocycles. The Hall–Kier alpha value is -3.28. The average molecular weight is 462 g/mol. The van der Waals surface area contributed by atoms with Gasteiger partial charge in [0.05, 0.1) is 11.4 Å². The molecule has 1 saturated heterocycles. The van der Waals surface area contributed by atoms with E-state index >= 15 is 0 Å². The number of carbonyl (C=O) groups is 3. The zero-order valence-corrected chi connectivity index (χ0v) is 17.1. The summed E-state index contributed by atoms with van der Waals surface area (Å²) in [6.07, 6.45) is 1.54. The van der Waals surface area contributed by atoms with E-state index in [1.54, 1.807) is 11.4 Å². The quantitative estimate of drug-likeness (QED) is 0.511. The molecule has 2 amide bonds. The second-order valence-corrected chi connectivity index (χ2v) is 8.23. The standard InChI is InChI=1S/C20H12F2N2O5S2/c21-14-3-1-10(6-15(14)22)11-5-13(30-9-11)7-17-18(25)24(20(28)31-17)23-8-12-2-4-16(29-12)19(26)27/h1-7,9,23H,8H2,(H,26,27)/b17-7-. The van der Waals surface area contributed by atoms with Crippen LogP contribution in [-0.2, 0) is 11.3 Å². The molecule has 0 unspecified atom stereocenters. The molecule has 3 heterocycles. The fraction of sp³-hybridized carbons (Fsp3) is 0.0500. The van der Waals surface area contributed by atoms with Crippen molar-refractivity contribution in [2.45, 2.75) is 6.54 Å². The number of aromatic carboxylic acids is 1. The summed E-state index contributed by atoms with van der Waals surface area (Å²) in [4.78, 5) is 36.4. The molecule has 11 heteroatoms. The van der Waals surface area contributed by atoms with Crippen molar-refractivity contribution in [3.8, 4) is 11.1 Å². The highest BCUT2D eigenvalue weighted by Crippen LogP contribution is 2.34. The topological polar surface area (TPSA) is 99.9 Å². The van der Waals surface area contributed by atoms with E-state index in [0.717, 1.165) is 28.9 Å². The van der Waals surface area contributed by atoms with Gasteiger partial charge in [-0.1, -0.05) is 6.07 Å². The molecule has 0 radical (unpaired) electrons. The minimum atomic E-state index is -1.22. The lowest BCUT2D eigenvalue weighted by Crippen LogP contribution is -2.40. The molecule has 1 fully saturated rings. The molecule has 0 atom stereocenters. The zero-order chi connectivity index (χ0) is 22.1. The fourth-order valence-corrected chi connectivity index (χ4v) is 4.45. The molecule has 4 rings (SSSR count). The lowest BCUT2D eigenvalue weighted by molar-refractivity contribution is -0.125. The van der Waals surface area contributed by atoms with Gasteiger partial charge in [0.15, 0.2) is 11.6 Å². The minimum Gasteiger partial charge on any atom is -0.475 e. The van der Waals surface area contributed by atoms with Crippen LogP contribution in [0.25, 0.3) is 17.2 Å². The lowest BCUT2D eigenvalue weighted by Gasteiger charge is -2.12. The van der Waals surface area contributed by atoms with E-state index in [-0.39, 0.29) is 23.0 Å². The first-order valence-corrected chi connectivity index (χ1v) is 10.4. The Morgan fingerprint density at radius 2 is 1.94 bits per heavy atom. The van der Waals surface area contributed by atoms with Crippen LogP contribution in [0, 0.1) is 11.6 Å². The van der Waals surface area contributed by atoms with Crippen LogP contribution in [0.2, 0.25) is 0 Å². The van der Waals surface area contributed by atoms with Gasteiger partial charge in [-0.05, 0) is 64.7 Å². The lowest BCUT2D eigenvalue weighted by atomic mass is 10.1. The van der Waals surface area contributed by atoms with Gasteiger partial charge in [-0.2, -0.15) is 5.01 Å². The van der Waals surface area contributed by atoms with Gasteiger partial charge in [0.25, 0.3) is 5.91 Å². The Balaban J connectivity index is 1.46. The number of nitrogens with one attached hydrogen (secondary N) is 1. The van der Waals surface area contributed by atoms with Gasteiger partial charge >= 0.3 is 11.2 Å². The number of benzene rings is 1. The molecule has 3 aromatic rings. The van der Waals surface area contributed by atoms with Crippen LogP contribution in [0.3, 0.4) is 0 Å². The summed E-state index contributed by atoms with van der Waals surface area (Å²) in [6, 6.07) is 7.98. The SMILES string of the molecule is O=C(O)c1ccc(CNN2C(=O)S/C(=C\c3cc(-c4ccc(F)c(F)c4)cs3)C2=O)o1. The van der Waals surface area contributed by atoms with Crippen LogP contribution in [0.1, 0.15) is 21.2 Å². The van der Waals surface area contributed by atoms with Gasteiger partial charge in [-0.25, -0.2) is 19.0 Å². The van der Waals surface area contributed by atoms with Crippen LogP contribution in [0.15, 0.2) is 51.1 Å². The Labute approximate surface area is 181 Å². The number of thioether (sulfide) groups is 1. The third-order valence-corrected chi connectivity index (χ3v) is 5.97. The first kappa shape index (κ1) is 21.0. The molecule has 0 aliphatic carbocycles. The van der Waals surface area contributed by atoms with Crippen LogP contribution < -0.4 is 5.43 Å². The number of furan rings is 1. The number of halogens is 2. The van der Waals surface area contributed by atoms with E-state index in [0.29, 0.717) is 16.0 Å². The number of imide groups is 1. The van der Waals surface area contributed by atoms with Crippen molar-refractivity contribution in [1.82, 2.24) is 10.4 Å². The number of rotatable bonds is 6. The highest BCUT2D eigenvalue weighted by molar-refractivity contribution is 8.18. The van der Waals surface area contributed by atoms with E-state index in [4.69, 9.17) is 9.52 Å². The molecule has 31 heavy (non-hydrogen) atoms. The van der Waals surface area contributed by atoms with Crippen LogP contribution in [0.5, 0.6) is 0 Å². The van der Waals surface area contributed by atoms with Gasteiger partial charge in [0, 0.05) is 4.88 Å². The number of carboxylic acid groups (broad SMARTS) is 1. The highest BCUT2D eigenvalue weighted by Gasteiger charge is 2.35.